The first-order valence-electron chi connectivity index (χ1n) is 11.1. The van der Waals surface area contributed by atoms with Crippen molar-refractivity contribution in [2.24, 2.45) is 4.99 Å². The summed E-state index contributed by atoms with van der Waals surface area (Å²) in [5.41, 5.74) is -1.90. The highest BCUT2D eigenvalue weighted by atomic mass is 32.2. The van der Waals surface area contributed by atoms with Crippen LogP contribution in [0.4, 0.5) is 26.3 Å². The van der Waals surface area contributed by atoms with Crippen LogP contribution in [-0.4, -0.2) is 52.1 Å². The molecule has 2 aliphatic heterocycles. The Morgan fingerprint density at radius 1 is 1.00 bits per heavy atom. The molecule has 37 heavy (non-hydrogen) atoms. The van der Waals surface area contributed by atoms with Crippen molar-refractivity contribution in [3.8, 4) is 0 Å². The van der Waals surface area contributed by atoms with Crippen LogP contribution in [-0.2, 0) is 28.4 Å². The number of thioether (sulfide) groups is 1. The molecule has 0 spiro atoms. The molecule has 0 unspecified atom stereocenters. The number of carbonyl (C=O) groups excluding carboxylic acids is 1. The van der Waals surface area contributed by atoms with Crippen molar-refractivity contribution < 1.29 is 35.9 Å². The van der Waals surface area contributed by atoms with Gasteiger partial charge in [0.15, 0.2) is 5.17 Å². The third kappa shape index (κ3) is 5.37. The second-order valence-corrected chi connectivity index (χ2v) is 9.41. The standard InChI is InChI=1S/C24H18F6N4O2S/c25-23(26,27)17-3-2-15(18(11-17)24(28,29)30)13-34-19-4-1-14(9-16(19)12-31-34)10-20-21(35)32-22(37-20)33-5-7-36-8-6-33/h1-4,9-12H,5-8,13H2/b20-10-. The highest BCUT2D eigenvalue weighted by Crippen LogP contribution is 2.38. The number of amidine groups is 1. The molecule has 3 aromatic rings. The van der Waals surface area contributed by atoms with Crippen LogP contribution < -0.4 is 0 Å². The molecule has 13 heteroatoms. The minimum Gasteiger partial charge on any atom is -0.378 e. The number of rotatable bonds is 3. The lowest BCUT2D eigenvalue weighted by atomic mass is 10.0. The molecule has 0 atom stereocenters. The van der Waals surface area contributed by atoms with Gasteiger partial charge in [0.1, 0.15) is 0 Å². The van der Waals surface area contributed by atoms with Crippen molar-refractivity contribution in [1.29, 1.82) is 0 Å². The van der Waals surface area contributed by atoms with Crippen molar-refractivity contribution in [3.63, 3.8) is 0 Å². The molecule has 0 saturated carbocycles. The number of aliphatic imine (C=N–C) groups is 1. The van der Waals surface area contributed by atoms with Gasteiger partial charge in [0.2, 0.25) is 0 Å². The summed E-state index contributed by atoms with van der Waals surface area (Å²) in [4.78, 5) is 18.9. The van der Waals surface area contributed by atoms with Crippen LogP contribution >= 0.6 is 11.8 Å². The zero-order valence-electron chi connectivity index (χ0n) is 18.9. The Bertz CT molecular complexity index is 1420. The van der Waals surface area contributed by atoms with Gasteiger partial charge in [-0.15, -0.1) is 0 Å². The number of benzene rings is 2. The van der Waals surface area contributed by atoms with Crippen molar-refractivity contribution in [2.75, 3.05) is 26.3 Å². The van der Waals surface area contributed by atoms with Crippen LogP contribution in [0.25, 0.3) is 17.0 Å². The number of ether oxygens (including phenoxy) is 1. The molecule has 1 aromatic heterocycles. The van der Waals surface area contributed by atoms with Crippen LogP contribution in [0.2, 0.25) is 0 Å². The lowest BCUT2D eigenvalue weighted by Crippen LogP contribution is -2.38. The van der Waals surface area contributed by atoms with E-state index in [0.717, 1.165) is 6.07 Å². The topological polar surface area (TPSA) is 59.7 Å². The number of aromatic nitrogens is 2. The van der Waals surface area contributed by atoms with Gasteiger partial charge in [0.05, 0.1) is 47.5 Å². The molecule has 1 saturated heterocycles. The summed E-state index contributed by atoms with van der Waals surface area (Å²) in [6.45, 7) is 2.04. The SMILES string of the molecule is O=C1N=C(N2CCOCC2)S/C1=C\c1ccc2c(cnn2Cc2ccc(C(F)(F)F)cc2C(F)(F)F)c1. The van der Waals surface area contributed by atoms with E-state index in [9.17, 15) is 31.1 Å². The lowest BCUT2D eigenvalue weighted by molar-refractivity contribution is -0.143. The van der Waals surface area contributed by atoms with Crippen LogP contribution in [0.1, 0.15) is 22.3 Å². The van der Waals surface area contributed by atoms with Crippen LogP contribution in [0.5, 0.6) is 0 Å². The number of morpholine rings is 1. The van der Waals surface area contributed by atoms with Gasteiger partial charge in [-0.3, -0.25) is 9.48 Å². The van der Waals surface area contributed by atoms with Crippen molar-refractivity contribution in [3.05, 3.63) is 69.8 Å². The van der Waals surface area contributed by atoms with Crippen LogP contribution in [0.3, 0.4) is 0 Å². The molecule has 1 amide bonds. The number of amides is 1. The van der Waals surface area contributed by atoms with Gasteiger partial charge < -0.3 is 9.64 Å². The third-order valence-corrected chi connectivity index (χ3v) is 6.96. The number of fused-ring (bicyclic) bond motifs is 1. The Hall–Kier alpha value is -3.32. The second kappa shape index (κ2) is 9.53. The normalized spacial score (nSPS) is 18.2. The molecule has 0 bridgehead atoms. The number of carbonyl (C=O) groups is 1. The summed E-state index contributed by atoms with van der Waals surface area (Å²) in [5, 5.41) is 5.35. The quantitative estimate of drug-likeness (QED) is 0.328. The molecule has 0 N–H and O–H groups in total. The molecule has 1 fully saturated rings. The zero-order chi connectivity index (χ0) is 26.4. The van der Waals surface area contributed by atoms with E-state index in [2.05, 4.69) is 10.1 Å². The molecule has 2 aromatic carbocycles. The summed E-state index contributed by atoms with van der Waals surface area (Å²) < 4.78 is 86.1. The van der Waals surface area contributed by atoms with Crippen LogP contribution in [0.15, 0.2) is 52.5 Å². The summed E-state index contributed by atoms with van der Waals surface area (Å²) >= 11 is 1.26. The van der Waals surface area contributed by atoms with Gasteiger partial charge in [-0.05, 0) is 53.2 Å². The minimum absolute atomic E-state index is 0.120. The first-order chi connectivity index (χ1) is 17.5. The van der Waals surface area contributed by atoms with E-state index in [-0.39, 0.29) is 24.1 Å². The number of nitrogens with zero attached hydrogens (tertiary/aromatic N) is 4. The van der Waals surface area contributed by atoms with Crippen LogP contribution in [0, 0.1) is 0 Å². The van der Waals surface area contributed by atoms with Gasteiger partial charge in [0.25, 0.3) is 5.91 Å². The lowest BCUT2D eigenvalue weighted by Gasteiger charge is -2.27. The van der Waals surface area contributed by atoms with E-state index in [1.54, 1.807) is 24.3 Å². The van der Waals surface area contributed by atoms with Gasteiger partial charge in [-0.2, -0.15) is 36.4 Å². The van der Waals surface area contributed by atoms with Gasteiger partial charge >= 0.3 is 12.4 Å². The average molecular weight is 540 g/mol. The van der Waals surface area contributed by atoms with Gasteiger partial charge in [-0.1, -0.05) is 12.1 Å². The third-order valence-electron chi connectivity index (χ3n) is 5.92. The van der Waals surface area contributed by atoms with E-state index < -0.39 is 23.5 Å². The molecular formula is C24H18F6N4O2S. The molecule has 3 heterocycles. The fraction of sp³-hybridized carbons (Fsp3) is 0.292. The molecule has 5 rings (SSSR count). The largest absolute Gasteiger partial charge is 0.416 e. The first-order valence-corrected chi connectivity index (χ1v) is 11.9. The molecule has 0 aliphatic carbocycles. The summed E-state index contributed by atoms with van der Waals surface area (Å²) in [6.07, 6.45) is -6.73. The van der Waals surface area contributed by atoms with E-state index in [1.807, 2.05) is 4.90 Å². The number of halogens is 6. The van der Waals surface area contributed by atoms with E-state index >= 15 is 0 Å². The highest BCUT2D eigenvalue weighted by molar-refractivity contribution is 8.18. The predicted molar refractivity (Wildman–Crippen MR) is 126 cm³/mol. The smallest absolute Gasteiger partial charge is 0.378 e. The highest BCUT2D eigenvalue weighted by Gasteiger charge is 2.38. The molecule has 194 valence electrons. The Morgan fingerprint density at radius 2 is 1.76 bits per heavy atom. The second-order valence-electron chi connectivity index (χ2n) is 8.40. The van der Waals surface area contributed by atoms with Crippen molar-refractivity contribution in [1.82, 2.24) is 14.7 Å². The van der Waals surface area contributed by atoms with Crippen molar-refractivity contribution in [2.45, 2.75) is 18.9 Å². The summed E-state index contributed by atoms with van der Waals surface area (Å²) in [7, 11) is 0. The van der Waals surface area contributed by atoms with Gasteiger partial charge in [-0.25, -0.2) is 0 Å². The Labute approximate surface area is 210 Å². The Kier molecular flexibility index (Phi) is 6.52. The molecule has 6 nitrogen and oxygen atoms in total. The molecule has 2 aliphatic rings. The number of hydrogen-bond acceptors (Lipinski definition) is 5. The fourth-order valence-corrected chi connectivity index (χ4v) is 5.04. The monoisotopic (exact) mass is 540 g/mol. The summed E-state index contributed by atoms with van der Waals surface area (Å²) in [5.74, 6) is -0.357. The summed E-state index contributed by atoms with van der Waals surface area (Å²) in [6, 6.07) is 6.63. The molecule has 0 radical (unpaired) electrons. The number of hydrogen-bond donors (Lipinski definition) is 0. The zero-order valence-corrected chi connectivity index (χ0v) is 19.8. The van der Waals surface area contributed by atoms with E-state index in [1.165, 1.54) is 22.6 Å². The maximum Gasteiger partial charge on any atom is 0.416 e. The van der Waals surface area contributed by atoms with E-state index in [4.69, 9.17) is 4.74 Å². The maximum absolute atomic E-state index is 13.5. The maximum atomic E-state index is 13.5. The Balaban J connectivity index is 1.39. The molecular weight excluding hydrogens is 522 g/mol. The van der Waals surface area contributed by atoms with Crippen molar-refractivity contribution >= 4 is 39.8 Å². The average Bonchev–Trinajstić information content (AvgIpc) is 3.41. The van der Waals surface area contributed by atoms with Gasteiger partial charge in [0, 0.05) is 18.5 Å². The predicted octanol–water partition coefficient (Wildman–Crippen LogP) is 5.42. The van der Waals surface area contributed by atoms with E-state index in [0.29, 0.717) is 58.9 Å². The first kappa shape index (κ1) is 25.3. The Morgan fingerprint density at radius 3 is 2.46 bits per heavy atom. The number of alkyl halides is 6. The fourth-order valence-electron chi connectivity index (χ4n) is 4.08. The minimum atomic E-state index is -4.97.